The number of halogens is 1. The Balaban J connectivity index is 2.11. The maximum Gasteiger partial charge on any atom is 0.147 e. The van der Waals surface area contributed by atoms with Crippen LogP contribution in [-0.2, 0) is 19.3 Å². The van der Waals surface area contributed by atoms with Crippen LogP contribution in [0.1, 0.15) is 63.5 Å². The largest absolute Gasteiger partial charge is 0.317 e. The van der Waals surface area contributed by atoms with E-state index >= 15 is 0 Å². The van der Waals surface area contributed by atoms with Gasteiger partial charge in [-0.05, 0) is 6.42 Å². The van der Waals surface area contributed by atoms with Crippen molar-refractivity contribution in [3.05, 3.63) is 11.6 Å². The standard InChI is InChI=1S/C13H24ClN3/c1-3-4-5-6-7-8-9-10-12-15-16-13(11-14)17(12)2/h3-11H2,1-2H3. The van der Waals surface area contributed by atoms with E-state index in [4.69, 9.17) is 11.6 Å². The lowest BCUT2D eigenvalue weighted by Crippen LogP contribution is -2.01. The first-order chi connectivity index (χ1) is 8.29. The van der Waals surface area contributed by atoms with Crippen LogP contribution in [0.15, 0.2) is 0 Å². The average Bonchev–Trinajstić information content (AvgIpc) is 2.69. The number of unbranched alkanes of at least 4 members (excludes halogenated alkanes) is 6. The van der Waals surface area contributed by atoms with E-state index in [1.54, 1.807) is 0 Å². The number of aryl methyl sites for hydroxylation is 1. The maximum atomic E-state index is 5.75. The second-order valence-corrected chi connectivity index (χ2v) is 4.86. The molecule has 0 bridgehead atoms. The highest BCUT2D eigenvalue weighted by Crippen LogP contribution is 2.10. The topological polar surface area (TPSA) is 30.7 Å². The molecule has 0 aromatic carbocycles. The van der Waals surface area contributed by atoms with E-state index in [0.717, 1.165) is 18.1 Å². The summed E-state index contributed by atoms with van der Waals surface area (Å²) in [5, 5.41) is 8.22. The van der Waals surface area contributed by atoms with Gasteiger partial charge < -0.3 is 4.57 Å². The molecular formula is C13H24ClN3. The number of rotatable bonds is 9. The van der Waals surface area contributed by atoms with Gasteiger partial charge >= 0.3 is 0 Å². The molecule has 1 aromatic heterocycles. The van der Waals surface area contributed by atoms with E-state index in [9.17, 15) is 0 Å². The smallest absolute Gasteiger partial charge is 0.147 e. The first-order valence-electron chi connectivity index (χ1n) is 6.72. The summed E-state index contributed by atoms with van der Waals surface area (Å²) in [6, 6.07) is 0. The van der Waals surface area contributed by atoms with Crippen LogP contribution in [0.2, 0.25) is 0 Å². The van der Waals surface area contributed by atoms with Crippen LogP contribution in [-0.4, -0.2) is 14.8 Å². The molecular weight excluding hydrogens is 234 g/mol. The maximum absolute atomic E-state index is 5.75. The molecule has 0 N–H and O–H groups in total. The molecule has 4 heteroatoms. The van der Waals surface area contributed by atoms with Crippen LogP contribution < -0.4 is 0 Å². The summed E-state index contributed by atoms with van der Waals surface area (Å²) in [4.78, 5) is 0. The molecule has 17 heavy (non-hydrogen) atoms. The monoisotopic (exact) mass is 257 g/mol. The average molecular weight is 258 g/mol. The summed E-state index contributed by atoms with van der Waals surface area (Å²) in [6.45, 7) is 2.25. The van der Waals surface area contributed by atoms with Crippen molar-refractivity contribution in [2.45, 2.75) is 64.2 Å². The van der Waals surface area contributed by atoms with Gasteiger partial charge in [0.2, 0.25) is 0 Å². The number of alkyl halides is 1. The van der Waals surface area contributed by atoms with E-state index < -0.39 is 0 Å². The second-order valence-electron chi connectivity index (χ2n) is 4.60. The van der Waals surface area contributed by atoms with E-state index in [1.807, 2.05) is 11.6 Å². The molecule has 0 atom stereocenters. The third kappa shape index (κ3) is 5.07. The summed E-state index contributed by atoms with van der Waals surface area (Å²) >= 11 is 5.75. The summed E-state index contributed by atoms with van der Waals surface area (Å²) in [5.41, 5.74) is 0. The molecule has 1 rings (SSSR count). The minimum absolute atomic E-state index is 0.445. The second kappa shape index (κ2) is 8.51. The zero-order valence-corrected chi connectivity index (χ0v) is 11.8. The quantitative estimate of drug-likeness (QED) is 0.497. The van der Waals surface area contributed by atoms with E-state index in [2.05, 4.69) is 17.1 Å². The van der Waals surface area contributed by atoms with Crippen molar-refractivity contribution >= 4 is 11.6 Å². The van der Waals surface area contributed by atoms with Gasteiger partial charge in [0.15, 0.2) is 0 Å². The lowest BCUT2D eigenvalue weighted by molar-refractivity contribution is 0.579. The van der Waals surface area contributed by atoms with Crippen molar-refractivity contribution in [1.82, 2.24) is 14.8 Å². The Labute approximate surface area is 110 Å². The van der Waals surface area contributed by atoms with Crippen molar-refractivity contribution in [3.63, 3.8) is 0 Å². The molecule has 0 saturated carbocycles. The molecule has 0 spiro atoms. The highest BCUT2D eigenvalue weighted by Gasteiger charge is 2.06. The Morgan fingerprint density at radius 3 is 2.12 bits per heavy atom. The van der Waals surface area contributed by atoms with Crippen molar-refractivity contribution in [2.75, 3.05) is 0 Å². The molecule has 0 amide bonds. The highest BCUT2D eigenvalue weighted by atomic mass is 35.5. The van der Waals surface area contributed by atoms with Crippen LogP contribution in [0.3, 0.4) is 0 Å². The van der Waals surface area contributed by atoms with Gasteiger partial charge in [-0.25, -0.2) is 0 Å². The number of aromatic nitrogens is 3. The molecule has 0 fully saturated rings. The van der Waals surface area contributed by atoms with Crippen molar-refractivity contribution < 1.29 is 0 Å². The molecule has 0 aliphatic heterocycles. The van der Waals surface area contributed by atoms with Crippen molar-refractivity contribution in [3.8, 4) is 0 Å². The summed E-state index contributed by atoms with van der Waals surface area (Å²) in [6.07, 6.45) is 10.3. The minimum atomic E-state index is 0.445. The van der Waals surface area contributed by atoms with E-state index in [0.29, 0.717) is 5.88 Å². The first-order valence-corrected chi connectivity index (χ1v) is 7.26. The molecule has 0 saturated heterocycles. The number of hydrogen-bond acceptors (Lipinski definition) is 2. The van der Waals surface area contributed by atoms with Gasteiger partial charge in [0.1, 0.15) is 11.6 Å². The summed E-state index contributed by atoms with van der Waals surface area (Å²) < 4.78 is 2.02. The molecule has 1 heterocycles. The summed E-state index contributed by atoms with van der Waals surface area (Å²) in [5.74, 6) is 2.37. The number of hydrogen-bond donors (Lipinski definition) is 0. The fraction of sp³-hybridized carbons (Fsp3) is 0.846. The van der Waals surface area contributed by atoms with E-state index in [-0.39, 0.29) is 0 Å². The van der Waals surface area contributed by atoms with Gasteiger partial charge in [-0.1, -0.05) is 45.4 Å². The highest BCUT2D eigenvalue weighted by molar-refractivity contribution is 6.16. The lowest BCUT2D eigenvalue weighted by atomic mass is 10.1. The predicted octanol–water partition coefficient (Wildman–Crippen LogP) is 3.85. The van der Waals surface area contributed by atoms with Crippen LogP contribution in [0.5, 0.6) is 0 Å². The zero-order chi connectivity index (χ0) is 12.5. The number of nitrogens with zero attached hydrogens (tertiary/aromatic N) is 3. The molecule has 0 aliphatic rings. The zero-order valence-electron chi connectivity index (χ0n) is 11.1. The Bertz CT molecular complexity index is 310. The fourth-order valence-corrected chi connectivity index (χ4v) is 2.21. The van der Waals surface area contributed by atoms with Gasteiger partial charge in [-0.15, -0.1) is 21.8 Å². The van der Waals surface area contributed by atoms with E-state index in [1.165, 1.54) is 44.9 Å². The molecule has 0 radical (unpaired) electrons. The van der Waals surface area contributed by atoms with Crippen molar-refractivity contribution in [1.29, 1.82) is 0 Å². The third-order valence-corrected chi connectivity index (χ3v) is 3.42. The van der Waals surface area contributed by atoms with Gasteiger partial charge in [0.25, 0.3) is 0 Å². The van der Waals surface area contributed by atoms with Crippen LogP contribution in [0.4, 0.5) is 0 Å². The lowest BCUT2D eigenvalue weighted by Gasteiger charge is -2.02. The van der Waals surface area contributed by atoms with Crippen molar-refractivity contribution in [2.24, 2.45) is 7.05 Å². The third-order valence-electron chi connectivity index (χ3n) is 3.18. The van der Waals surface area contributed by atoms with Crippen LogP contribution in [0.25, 0.3) is 0 Å². The molecule has 3 nitrogen and oxygen atoms in total. The molecule has 1 aromatic rings. The van der Waals surface area contributed by atoms with Gasteiger partial charge in [0.05, 0.1) is 5.88 Å². The van der Waals surface area contributed by atoms with Gasteiger partial charge in [0, 0.05) is 13.5 Å². The van der Waals surface area contributed by atoms with Crippen LogP contribution >= 0.6 is 11.6 Å². The first kappa shape index (κ1) is 14.5. The Morgan fingerprint density at radius 1 is 0.941 bits per heavy atom. The Morgan fingerprint density at radius 2 is 1.53 bits per heavy atom. The van der Waals surface area contributed by atoms with Gasteiger partial charge in [-0.3, -0.25) is 0 Å². The van der Waals surface area contributed by atoms with Crippen LogP contribution in [0, 0.1) is 0 Å². The minimum Gasteiger partial charge on any atom is -0.317 e. The normalized spacial score (nSPS) is 11.0. The fourth-order valence-electron chi connectivity index (χ4n) is 1.97. The molecule has 0 aliphatic carbocycles. The Hall–Kier alpha value is -0.570. The van der Waals surface area contributed by atoms with Gasteiger partial charge in [-0.2, -0.15) is 0 Å². The molecule has 98 valence electrons. The predicted molar refractivity (Wildman–Crippen MR) is 72.3 cm³/mol. The SMILES string of the molecule is CCCCCCCCCc1nnc(CCl)n1C. The summed E-state index contributed by atoms with van der Waals surface area (Å²) in [7, 11) is 1.99. The molecule has 0 unspecified atom stereocenters. The Kier molecular flexibility index (Phi) is 7.25.